The van der Waals surface area contributed by atoms with Gasteiger partial charge in [0, 0.05) is 13.5 Å². The van der Waals surface area contributed by atoms with Crippen LogP contribution in [0.25, 0.3) is 0 Å². The molecule has 0 unspecified atom stereocenters. The van der Waals surface area contributed by atoms with Gasteiger partial charge in [-0.3, -0.25) is 4.79 Å². The Morgan fingerprint density at radius 2 is 2.30 bits per heavy atom. The second kappa shape index (κ2) is 3.29. The molecular weight excluding hydrogens is 140 g/mol. The minimum atomic E-state index is -3.29. The fraction of sp³-hybridized carbons (Fsp3) is 0.500. The lowest BCUT2D eigenvalue weighted by molar-refractivity contribution is -0.142. The van der Waals surface area contributed by atoms with Crippen molar-refractivity contribution >= 4 is 5.91 Å². The molecule has 1 amide bonds. The Hall–Kier alpha value is -0.930. The summed E-state index contributed by atoms with van der Waals surface area (Å²) < 4.78 is 24.0. The Kier molecular flexibility index (Phi) is 2.99. The first-order valence-electron chi connectivity index (χ1n) is 2.75. The summed E-state index contributed by atoms with van der Waals surface area (Å²) in [4.78, 5) is 10.3. The van der Waals surface area contributed by atoms with Gasteiger partial charge in [-0.2, -0.15) is 8.78 Å². The topological polar surface area (TPSA) is 29.1 Å². The van der Waals surface area contributed by atoms with Crippen LogP contribution in [0.5, 0.6) is 0 Å². The molecule has 0 atom stereocenters. The smallest absolute Gasteiger partial charge is 0.321 e. The van der Waals surface area contributed by atoms with E-state index in [2.05, 4.69) is 6.58 Å². The van der Waals surface area contributed by atoms with Crippen LogP contribution in [0.1, 0.15) is 6.92 Å². The highest BCUT2D eigenvalue weighted by Crippen LogP contribution is 2.10. The van der Waals surface area contributed by atoms with Crippen LogP contribution in [0, 0.1) is 0 Å². The first-order valence-corrected chi connectivity index (χ1v) is 2.75. The number of amides is 1. The Labute approximate surface area is 57.9 Å². The highest BCUT2D eigenvalue weighted by Gasteiger charge is 2.31. The summed E-state index contributed by atoms with van der Waals surface area (Å²) in [6, 6.07) is 0. The van der Waals surface area contributed by atoms with Gasteiger partial charge in [0.05, 0.1) is 0 Å². The Balaban J connectivity index is 3.74. The Bertz CT molecular complexity index is 139. The molecule has 0 bridgehead atoms. The lowest BCUT2D eigenvalue weighted by Crippen LogP contribution is -2.37. The molecule has 0 heterocycles. The van der Waals surface area contributed by atoms with Gasteiger partial charge in [-0.1, -0.05) is 6.08 Å². The Morgan fingerprint density at radius 3 is 2.60 bits per heavy atom. The SMILES string of the molecule is C=CCNC(=O)C(C)(F)F. The van der Waals surface area contributed by atoms with E-state index in [1.165, 1.54) is 6.08 Å². The third-order valence-corrected chi connectivity index (χ3v) is 0.806. The zero-order chi connectivity index (χ0) is 8.20. The first-order chi connectivity index (χ1) is 4.48. The van der Waals surface area contributed by atoms with Gasteiger partial charge < -0.3 is 5.32 Å². The Morgan fingerprint density at radius 1 is 1.80 bits per heavy atom. The van der Waals surface area contributed by atoms with Crippen molar-refractivity contribution in [2.75, 3.05) is 6.54 Å². The van der Waals surface area contributed by atoms with Gasteiger partial charge >= 0.3 is 5.92 Å². The summed E-state index contributed by atoms with van der Waals surface area (Å²) in [6.07, 6.45) is 1.34. The fourth-order valence-electron chi connectivity index (χ4n) is 0.320. The zero-order valence-electron chi connectivity index (χ0n) is 5.66. The van der Waals surface area contributed by atoms with Crippen LogP contribution in [-0.2, 0) is 4.79 Å². The molecule has 58 valence electrons. The number of hydrogen-bond acceptors (Lipinski definition) is 1. The van der Waals surface area contributed by atoms with Crippen molar-refractivity contribution in [2.24, 2.45) is 0 Å². The molecule has 0 aliphatic carbocycles. The van der Waals surface area contributed by atoms with Crippen molar-refractivity contribution in [2.45, 2.75) is 12.8 Å². The van der Waals surface area contributed by atoms with Crippen molar-refractivity contribution in [1.29, 1.82) is 0 Å². The van der Waals surface area contributed by atoms with Gasteiger partial charge in [-0.05, 0) is 0 Å². The third kappa shape index (κ3) is 3.17. The lowest BCUT2D eigenvalue weighted by Gasteiger charge is -2.08. The molecule has 0 fully saturated rings. The highest BCUT2D eigenvalue weighted by molar-refractivity contribution is 5.82. The molecule has 0 saturated carbocycles. The number of alkyl halides is 2. The minimum Gasteiger partial charge on any atom is -0.347 e. The van der Waals surface area contributed by atoms with E-state index < -0.39 is 11.8 Å². The number of carbonyl (C=O) groups is 1. The number of carbonyl (C=O) groups excluding carboxylic acids is 1. The summed E-state index contributed by atoms with van der Waals surface area (Å²) in [5, 5.41) is 1.97. The molecule has 1 N–H and O–H groups in total. The molecule has 0 aromatic heterocycles. The molecule has 0 aliphatic rings. The van der Waals surface area contributed by atoms with Crippen molar-refractivity contribution in [3.05, 3.63) is 12.7 Å². The normalized spacial score (nSPS) is 10.7. The van der Waals surface area contributed by atoms with Crippen LogP contribution in [-0.4, -0.2) is 18.4 Å². The van der Waals surface area contributed by atoms with Gasteiger partial charge in [0.2, 0.25) is 0 Å². The number of hydrogen-bond donors (Lipinski definition) is 1. The van der Waals surface area contributed by atoms with Gasteiger partial charge in [-0.25, -0.2) is 0 Å². The fourth-order valence-corrected chi connectivity index (χ4v) is 0.320. The van der Waals surface area contributed by atoms with E-state index in [4.69, 9.17) is 0 Å². The summed E-state index contributed by atoms with van der Waals surface area (Å²) in [5.74, 6) is -4.56. The average Bonchev–Trinajstić information content (AvgIpc) is 1.80. The summed E-state index contributed by atoms with van der Waals surface area (Å²) in [7, 11) is 0. The van der Waals surface area contributed by atoms with Crippen LogP contribution < -0.4 is 5.32 Å². The van der Waals surface area contributed by atoms with E-state index in [9.17, 15) is 13.6 Å². The van der Waals surface area contributed by atoms with Crippen LogP contribution in [0.2, 0.25) is 0 Å². The van der Waals surface area contributed by atoms with Crippen LogP contribution in [0.15, 0.2) is 12.7 Å². The minimum absolute atomic E-state index is 0.0717. The predicted octanol–water partition coefficient (Wildman–Crippen LogP) is 0.944. The van der Waals surface area contributed by atoms with Gasteiger partial charge in [0.15, 0.2) is 0 Å². The molecule has 0 aliphatic heterocycles. The van der Waals surface area contributed by atoms with Crippen LogP contribution in [0.4, 0.5) is 8.78 Å². The number of nitrogens with one attached hydrogen (secondary N) is 1. The molecule has 0 rings (SSSR count). The largest absolute Gasteiger partial charge is 0.347 e. The molecule has 0 aromatic rings. The summed E-state index contributed by atoms with van der Waals surface area (Å²) >= 11 is 0. The highest BCUT2D eigenvalue weighted by atomic mass is 19.3. The van der Waals surface area contributed by atoms with Gasteiger partial charge in [0.1, 0.15) is 0 Å². The second-order valence-corrected chi connectivity index (χ2v) is 1.89. The zero-order valence-corrected chi connectivity index (χ0v) is 5.66. The number of rotatable bonds is 3. The summed E-state index contributed by atoms with van der Waals surface area (Å²) in [5.41, 5.74) is 0. The predicted molar refractivity (Wildman–Crippen MR) is 33.8 cm³/mol. The van der Waals surface area contributed by atoms with Crippen molar-refractivity contribution < 1.29 is 13.6 Å². The monoisotopic (exact) mass is 149 g/mol. The summed E-state index contributed by atoms with van der Waals surface area (Å²) in [6.45, 7) is 3.87. The van der Waals surface area contributed by atoms with Gasteiger partial charge in [0.25, 0.3) is 5.91 Å². The first kappa shape index (κ1) is 9.07. The molecule has 2 nitrogen and oxygen atoms in total. The average molecular weight is 149 g/mol. The van der Waals surface area contributed by atoms with Crippen LogP contribution in [0.3, 0.4) is 0 Å². The standard InChI is InChI=1S/C6H9F2NO/c1-3-4-9-5(10)6(2,7)8/h3H,1,4H2,2H3,(H,9,10). The van der Waals surface area contributed by atoms with E-state index >= 15 is 0 Å². The molecule has 0 saturated heterocycles. The lowest BCUT2D eigenvalue weighted by atomic mass is 10.3. The third-order valence-electron chi connectivity index (χ3n) is 0.806. The molecular formula is C6H9F2NO. The quantitative estimate of drug-likeness (QED) is 0.594. The van der Waals surface area contributed by atoms with E-state index in [0.29, 0.717) is 6.92 Å². The molecule has 4 heteroatoms. The van der Waals surface area contributed by atoms with E-state index in [1.54, 1.807) is 0 Å². The van der Waals surface area contributed by atoms with E-state index in [-0.39, 0.29) is 6.54 Å². The molecule has 0 aromatic carbocycles. The van der Waals surface area contributed by atoms with E-state index in [1.807, 2.05) is 5.32 Å². The van der Waals surface area contributed by atoms with Crippen molar-refractivity contribution in [3.63, 3.8) is 0 Å². The molecule has 0 spiro atoms. The van der Waals surface area contributed by atoms with Crippen molar-refractivity contribution in [3.8, 4) is 0 Å². The maximum atomic E-state index is 12.0. The molecule has 10 heavy (non-hydrogen) atoms. The van der Waals surface area contributed by atoms with Crippen molar-refractivity contribution in [1.82, 2.24) is 5.32 Å². The van der Waals surface area contributed by atoms with E-state index in [0.717, 1.165) is 0 Å². The maximum absolute atomic E-state index is 12.0. The number of halogens is 2. The van der Waals surface area contributed by atoms with Crippen LogP contribution >= 0.6 is 0 Å². The maximum Gasteiger partial charge on any atom is 0.321 e. The molecule has 0 radical (unpaired) electrons. The van der Waals surface area contributed by atoms with Gasteiger partial charge in [-0.15, -0.1) is 6.58 Å². The second-order valence-electron chi connectivity index (χ2n) is 1.89.